The summed E-state index contributed by atoms with van der Waals surface area (Å²) in [6.07, 6.45) is 0. The molecule has 2 N–H and O–H groups in total. The van der Waals surface area contributed by atoms with Gasteiger partial charge in [0.2, 0.25) is 0 Å². The minimum absolute atomic E-state index is 0.00984. The summed E-state index contributed by atoms with van der Waals surface area (Å²) in [6, 6.07) is 9.65. The monoisotopic (exact) mass is 359 g/mol. The van der Waals surface area contributed by atoms with Crippen molar-refractivity contribution in [3.63, 3.8) is 0 Å². The van der Waals surface area contributed by atoms with E-state index in [9.17, 15) is 4.39 Å². The minimum atomic E-state index is -0.627. The summed E-state index contributed by atoms with van der Waals surface area (Å²) in [4.78, 5) is 0.171. The third-order valence-electron chi connectivity index (χ3n) is 2.35. The van der Waals surface area contributed by atoms with Gasteiger partial charge in [0.25, 0.3) is 0 Å². The van der Waals surface area contributed by atoms with Gasteiger partial charge in [0, 0.05) is 4.47 Å². The van der Waals surface area contributed by atoms with Crippen LogP contribution in [0.5, 0.6) is 11.5 Å². The lowest BCUT2D eigenvalue weighted by molar-refractivity contribution is 0.441. The predicted molar refractivity (Wildman–Crippen MR) is 81.5 cm³/mol. The molecule has 0 aliphatic heterocycles. The molecule has 0 atom stereocenters. The van der Waals surface area contributed by atoms with Crippen molar-refractivity contribution in [1.29, 1.82) is 0 Å². The van der Waals surface area contributed by atoms with E-state index in [-0.39, 0.29) is 15.8 Å². The molecule has 0 spiro atoms. The molecule has 0 unspecified atom stereocenters. The van der Waals surface area contributed by atoms with Gasteiger partial charge in [-0.25, -0.2) is 4.39 Å². The summed E-state index contributed by atoms with van der Waals surface area (Å²) < 4.78 is 20.1. The molecule has 0 aromatic heterocycles. The van der Waals surface area contributed by atoms with E-state index < -0.39 is 5.82 Å². The van der Waals surface area contributed by atoms with E-state index in [4.69, 9.17) is 34.3 Å². The third kappa shape index (κ3) is 3.23. The molecule has 0 radical (unpaired) electrons. The van der Waals surface area contributed by atoms with Crippen LogP contribution < -0.4 is 10.5 Å². The number of thiocarbonyl (C=S) groups is 1. The number of hydrogen-bond acceptors (Lipinski definition) is 2. The lowest BCUT2D eigenvalue weighted by atomic mass is 10.2. The van der Waals surface area contributed by atoms with Crippen LogP contribution in [0.2, 0.25) is 5.02 Å². The molecule has 0 aliphatic carbocycles. The van der Waals surface area contributed by atoms with Gasteiger partial charge in [-0.05, 0) is 30.3 Å². The molecule has 0 heterocycles. The van der Waals surface area contributed by atoms with Crippen molar-refractivity contribution in [3.05, 3.63) is 57.3 Å². The fourth-order valence-corrected chi connectivity index (χ4v) is 2.14. The first-order valence-electron chi connectivity index (χ1n) is 5.20. The van der Waals surface area contributed by atoms with Gasteiger partial charge in [0.1, 0.15) is 10.7 Å². The van der Waals surface area contributed by atoms with Crippen molar-refractivity contribution in [2.75, 3.05) is 0 Å². The maximum Gasteiger partial charge on any atom is 0.184 e. The predicted octanol–water partition coefficient (Wildman–Crippen LogP) is 4.67. The van der Waals surface area contributed by atoms with Gasteiger partial charge >= 0.3 is 0 Å². The number of nitrogens with two attached hydrogens (primary N) is 1. The van der Waals surface area contributed by atoms with Gasteiger partial charge in [-0.1, -0.05) is 45.8 Å². The Morgan fingerprint density at radius 3 is 2.68 bits per heavy atom. The highest BCUT2D eigenvalue weighted by Crippen LogP contribution is 2.32. The summed E-state index contributed by atoms with van der Waals surface area (Å²) in [7, 11) is 0. The number of rotatable bonds is 3. The van der Waals surface area contributed by atoms with Crippen LogP contribution in [0.4, 0.5) is 4.39 Å². The van der Waals surface area contributed by atoms with Crippen LogP contribution >= 0.6 is 39.7 Å². The van der Waals surface area contributed by atoms with Crippen LogP contribution in [-0.4, -0.2) is 4.99 Å². The molecule has 6 heteroatoms. The molecule has 0 saturated carbocycles. The van der Waals surface area contributed by atoms with Crippen molar-refractivity contribution in [3.8, 4) is 11.5 Å². The topological polar surface area (TPSA) is 35.2 Å². The first kappa shape index (κ1) is 14.2. The van der Waals surface area contributed by atoms with E-state index >= 15 is 0 Å². The van der Waals surface area contributed by atoms with Crippen LogP contribution in [0.25, 0.3) is 0 Å². The van der Waals surface area contributed by atoms with Crippen LogP contribution in [0.15, 0.2) is 40.9 Å². The Bertz CT molecular complexity index is 651. The van der Waals surface area contributed by atoms with Gasteiger partial charge in [-0.2, -0.15) is 0 Å². The second kappa shape index (κ2) is 5.86. The van der Waals surface area contributed by atoms with Crippen molar-refractivity contribution in [2.45, 2.75) is 0 Å². The fraction of sp³-hybridized carbons (Fsp3) is 0. The highest BCUT2D eigenvalue weighted by Gasteiger charge is 2.12. The number of benzene rings is 2. The molecule has 2 aromatic carbocycles. The maximum atomic E-state index is 13.8. The second-order valence-corrected chi connectivity index (χ2v) is 5.42. The Kier molecular flexibility index (Phi) is 4.39. The zero-order chi connectivity index (χ0) is 14.0. The molecule has 19 heavy (non-hydrogen) atoms. The van der Waals surface area contributed by atoms with Gasteiger partial charge in [-0.15, -0.1) is 0 Å². The summed E-state index contributed by atoms with van der Waals surface area (Å²) >= 11 is 13.9. The Labute approximate surface area is 128 Å². The normalized spacial score (nSPS) is 10.3. The molecule has 0 saturated heterocycles. The van der Waals surface area contributed by atoms with E-state index in [0.29, 0.717) is 11.3 Å². The summed E-state index contributed by atoms with van der Waals surface area (Å²) in [5, 5.41) is -0.00984. The SMILES string of the molecule is NC(=S)c1ccc(Br)cc1Oc1cccc(Cl)c1F. The maximum absolute atomic E-state index is 13.8. The average molecular weight is 361 g/mol. The second-order valence-electron chi connectivity index (χ2n) is 3.66. The van der Waals surface area contributed by atoms with Crippen molar-refractivity contribution in [1.82, 2.24) is 0 Å². The van der Waals surface area contributed by atoms with Gasteiger partial charge < -0.3 is 10.5 Å². The van der Waals surface area contributed by atoms with Gasteiger partial charge in [-0.3, -0.25) is 0 Å². The highest BCUT2D eigenvalue weighted by atomic mass is 79.9. The molecular weight excluding hydrogens is 353 g/mol. The van der Waals surface area contributed by atoms with E-state index in [1.807, 2.05) is 0 Å². The quantitative estimate of drug-likeness (QED) is 0.808. The molecule has 0 fully saturated rings. The molecule has 2 rings (SSSR count). The standard InChI is InChI=1S/C13H8BrClFNOS/c14-7-4-5-8(13(17)19)11(6-7)18-10-3-1-2-9(15)12(10)16/h1-6H,(H2,17,19). The first-order valence-corrected chi connectivity index (χ1v) is 6.78. The van der Waals surface area contributed by atoms with Crippen molar-refractivity contribution >= 4 is 44.7 Å². The third-order valence-corrected chi connectivity index (χ3v) is 3.35. The Hall–Kier alpha value is -1.17. The number of ether oxygens (including phenoxy) is 1. The van der Waals surface area contributed by atoms with Crippen molar-refractivity contribution < 1.29 is 9.13 Å². The van der Waals surface area contributed by atoms with Gasteiger partial charge in [0.05, 0.1) is 10.6 Å². The lowest BCUT2D eigenvalue weighted by Gasteiger charge is -2.11. The lowest BCUT2D eigenvalue weighted by Crippen LogP contribution is -2.10. The highest BCUT2D eigenvalue weighted by molar-refractivity contribution is 9.10. The number of hydrogen-bond donors (Lipinski definition) is 1. The van der Waals surface area contributed by atoms with E-state index in [1.54, 1.807) is 24.3 Å². The average Bonchev–Trinajstić information content (AvgIpc) is 2.35. The zero-order valence-electron chi connectivity index (χ0n) is 9.49. The smallest absolute Gasteiger partial charge is 0.184 e. The summed E-state index contributed by atoms with van der Waals surface area (Å²) in [6.45, 7) is 0. The van der Waals surface area contributed by atoms with E-state index in [2.05, 4.69) is 15.9 Å². The Morgan fingerprint density at radius 2 is 2.00 bits per heavy atom. The summed E-state index contributed by atoms with van der Waals surface area (Å²) in [5.41, 5.74) is 6.13. The molecule has 0 bridgehead atoms. The molecule has 0 amide bonds. The molecule has 0 aliphatic rings. The van der Waals surface area contributed by atoms with Crippen molar-refractivity contribution in [2.24, 2.45) is 5.73 Å². The summed E-state index contributed by atoms with van der Waals surface area (Å²) in [5.74, 6) is -0.246. The molecule has 2 nitrogen and oxygen atoms in total. The first-order chi connectivity index (χ1) is 8.99. The molecular formula is C13H8BrClFNOS. The van der Waals surface area contributed by atoms with Crippen LogP contribution in [0.3, 0.4) is 0 Å². The van der Waals surface area contributed by atoms with Crippen LogP contribution in [0, 0.1) is 5.82 Å². The van der Waals surface area contributed by atoms with E-state index in [0.717, 1.165) is 4.47 Å². The van der Waals surface area contributed by atoms with E-state index in [1.165, 1.54) is 12.1 Å². The molecule has 2 aromatic rings. The van der Waals surface area contributed by atoms with Crippen LogP contribution in [-0.2, 0) is 0 Å². The van der Waals surface area contributed by atoms with Gasteiger partial charge in [0.15, 0.2) is 11.6 Å². The van der Waals surface area contributed by atoms with Crippen LogP contribution in [0.1, 0.15) is 5.56 Å². The number of halogens is 3. The zero-order valence-corrected chi connectivity index (χ0v) is 12.7. The molecule has 98 valence electrons. The Morgan fingerprint density at radius 1 is 1.26 bits per heavy atom. The minimum Gasteiger partial charge on any atom is -0.453 e. The Balaban J connectivity index is 2.45. The largest absolute Gasteiger partial charge is 0.453 e. The fourth-order valence-electron chi connectivity index (χ4n) is 1.47.